The van der Waals surface area contributed by atoms with Crippen LogP contribution < -0.4 is 5.32 Å². The topological polar surface area (TPSA) is 103 Å². The van der Waals surface area contributed by atoms with Gasteiger partial charge in [0.05, 0.1) is 45.7 Å². The van der Waals surface area contributed by atoms with Gasteiger partial charge in [-0.3, -0.25) is 9.67 Å². The molecular weight excluding hydrogens is 442 g/mol. The number of aromatic nitrogens is 6. The Morgan fingerprint density at radius 3 is 2.58 bits per heavy atom. The number of halogens is 1. The van der Waals surface area contributed by atoms with Gasteiger partial charge in [-0.1, -0.05) is 17.7 Å². The van der Waals surface area contributed by atoms with Crippen molar-refractivity contribution in [1.29, 1.82) is 0 Å². The largest absolute Gasteiger partial charge is 0.464 e. The van der Waals surface area contributed by atoms with E-state index >= 15 is 0 Å². The predicted octanol–water partition coefficient (Wildman–Crippen LogP) is 5.07. The maximum atomic E-state index is 12.2. The van der Waals surface area contributed by atoms with Crippen molar-refractivity contribution in [2.24, 2.45) is 14.1 Å². The van der Waals surface area contributed by atoms with Crippen LogP contribution in [0.25, 0.3) is 33.4 Å². The highest BCUT2D eigenvalue weighted by atomic mass is 35.5. The number of pyridine rings is 1. The number of imidazole rings is 1. The van der Waals surface area contributed by atoms with Gasteiger partial charge in [-0.15, -0.1) is 0 Å². The molecule has 0 aliphatic rings. The summed E-state index contributed by atoms with van der Waals surface area (Å²) in [6.45, 7) is 1.94. The van der Waals surface area contributed by atoms with E-state index in [0.717, 1.165) is 17.1 Å². The molecule has 0 aliphatic heterocycles. The van der Waals surface area contributed by atoms with E-state index in [4.69, 9.17) is 11.6 Å². The summed E-state index contributed by atoms with van der Waals surface area (Å²) in [6, 6.07) is 7.35. The first-order valence-corrected chi connectivity index (χ1v) is 10.5. The van der Waals surface area contributed by atoms with Crippen LogP contribution in [0.2, 0.25) is 5.02 Å². The van der Waals surface area contributed by atoms with Gasteiger partial charge in [0.1, 0.15) is 5.82 Å². The first-order chi connectivity index (χ1) is 15.8. The summed E-state index contributed by atoms with van der Waals surface area (Å²) in [4.78, 5) is 20.8. The third kappa shape index (κ3) is 3.42. The minimum absolute atomic E-state index is 0.459. The fourth-order valence-electron chi connectivity index (χ4n) is 3.96. The van der Waals surface area contributed by atoms with Gasteiger partial charge in [0, 0.05) is 49.2 Å². The number of aryl methyl sites for hydroxylation is 2. The van der Waals surface area contributed by atoms with Gasteiger partial charge >= 0.3 is 6.09 Å². The number of carbonyl (C=O) groups is 1. The Hall–Kier alpha value is -4.11. The summed E-state index contributed by atoms with van der Waals surface area (Å²) in [7, 11) is 3.73. The summed E-state index contributed by atoms with van der Waals surface area (Å²) in [5.74, 6) is 0.901. The Kier molecular flexibility index (Phi) is 4.90. The second-order valence-corrected chi connectivity index (χ2v) is 8.11. The SMILES string of the molecule is Cc1ncc(-c2ccc(Nc3c(-c4cnn(C)c4)n(C(=O)O)c4ccncc34)c(Cl)c2)n1C. The van der Waals surface area contributed by atoms with Crippen LogP contribution in [0.3, 0.4) is 0 Å². The number of fused-ring (bicyclic) bond motifs is 1. The second kappa shape index (κ2) is 7.79. The number of nitrogens with zero attached hydrogens (tertiary/aromatic N) is 6. The normalized spacial score (nSPS) is 11.3. The predicted molar refractivity (Wildman–Crippen MR) is 127 cm³/mol. The van der Waals surface area contributed by atoms with Gasteiger partial charge in [-0.2, -0.15) is 5.10 Å². The summed E-state index contributed by atoms with van der Waals surface area (Å²) in [5.41, 5.74) is 4.71. The van der Waals surface area contributed by atoms with Crippen LogP contribution in [0, 0.1) is 6.92 Å². The molecule has 0 saturated carbocycles. The van der Waals surface area contributed by atoms with Gasteiger partial charge in [-0.05, 0) is 25.1 Å². The average Bonchev–Trinajstić information content (AvgIpc) is 3.46. The maximum absolute atomic E-state index is 12.2. The fourth-order valence-corrected chi connectivity index (χ4v) is 4.19. The van der Waals surface area contributed by atoms with Crippen LogP contribution in [0.1, 0.15) is 5.82 Å². The Bertz CT molecular complexity index is 1530. The highest BCUT2D eigenvalue weighted by Crippen LogP contribution is 2.41. The van der Waals surface area contributed by atoms with Crippen LogP contribution in [-0.2, 0) is 14.1 Å². The van der Waals surface area contributed by atoms with E-state index in [-0.39, 0.29) is 0 Å². The molecule has 166 valence electrons. The molecule has 0 radical (unpaired) electrons. The molecule has 0 spiro atoms. The van der Waals surface area contributed by atoms with Gasteiger partial charge < -0.3 is 15.0 Å². The second-order valence-electron chi connectivity index (χ2n) is 7.71. The molecule has 0 saturated heterocycles. The summed E-state index contributed by atoms with van der Waals surface area (Å²) in [6.07, 6.45) is 7.30. The molecule has 33 heavy (non-hydrogen) atoms. The first kappa shape index (κ1) is 20.8. The van der Waals surface area contributed by atoms with Crippen LogP contribution >= 0.6 is 11.6 Å². The molecule has 0 bridgehead atoms. The van der Waals surface area contributed by atoms with Crippen LogP contribution in [0.5, 0.6) is 0 Å². The highest BCUT2D eigenvalue weighted by Gasteiger charge is 2.24. The molecule has 5 rings (SSSR count). The van der Waals surface area contributed by atoms with Gasteiger partial charge in [0.15, 0.2) is 0 Å². The molecule has 1 aromatic carbocycles. The zero-order valence-electron chi connectivity index (χ0n) is 18.1. The maximum Gasteiger partial charge on any atom is 0.416 e. The Balaban J connectivity index is 1.67. The lowest BCUT2D eigenvalue weighted by Crippen LogP contribution is -2.09. The highest BCUT2D eigenvalue weighted by molar-refractivity contribution is 6.33. The fraction of sp³-hybridized carbons (Fsp3) is 0.130. The van der Waals surface area contributed by atoms with E-state index in [1.54, 1.807) is 48.8 Å². The van der Waals surface area contributed by atoms with Crippen molar-refractivity contribution in [1.82, 2.24) is 28.9 Å². The Morgan fingerprint density at radius 2 is 1.94 bits per heavy atom. The van der Waals surface area contributed by atoms with E-state index in [0.29, 0.717) is 38.6 Å². The van der Waals surface area contributed by atoms with Crippen molar-refractivity contribution in [3.63, 3.8) is 0 Å². The summed E-state index contributed by atoms with van der Waals surface area (Å²) >= 11 is 6.66. The van der Waals surface area contributed by atoms with E-state index in [9.17, 15) is 9.90 Å². The lowest BCUT2D eigenvalue weighted by Gasteiger charge is -2.12. The number of hydrogen-bond acceptors (Lipinski definition) is 5. The average molecular weight is 462 g/mol. The van der Waals surface area contributed by atoms with Crippen LogP contribution in [0.4, 0.5) is 16.2 Å². The molecule has 0 unspecified atom stereocenters. The van der Waals surface area contributed by atoms with Crippen molar-refractivity contribution in [2.45, 2.75) is 6.92 Å². The molecule has 4 aromatic heterocycles. The van der Waals surface area contributed by atoms with Crippen LogP contribution in [-0.4, -0.2) is 40.1 Å². The molecule has 4 heterocycles. The molecule has 0 amide bonds. The van der Waals surface area contributed by atoms with Crippen molar-refractivity contribution in [3.05, 3.63) is 66.1 Å². The molecule has 0 fully saturated rings. The van der Waals surface area contributed by atoms with E-state index < -0.39 is 6.09 Å². The van der Waals surface area contributed by atoms with Gasteiger partial charge in [-0.25, -0.2) is 14.3 Å². The number of hydrogen-bond donors (Lipinski definition) is 2. The number of benzene rings is 1. The third-order valence-corrected chi connectivity index (χ3v) is 6.00. The van der Waals surface area contributed by atoms with E-state index in [2.05, 4.69) is 20.4 Å². The standard InChI is InChI=1S/C23H20ClN7O2/c1-13-26-11-20(30(13)3)14-4-5-18(17(24)8-14)28-21-16-10-25-7-6-19(16)31(23(32)33)22(21)15-9-27-29(2)12-15/h4-12,28H,1-3H3,(H,32,33). The summed E-state index contributed by atoms with van der Waals surface area (Å²) < 4.78 is 4.85. The molecule has 2 N–H and O–H groups in total. The lowest BCUT2D eigenvalue weighted by atomic mass is 10.1. The summed E-state index contributed by atoms with van der Waals surface area (Å²) in [5, 5.41) is 18.7. The van der Waals surface area contributed by atoms with Crippen molar-refractivity contribution >= 4 is 40.0 Å². The Labute approximate surface area is 193 Å². The van der Waals surface area contributed by atoms with Gasteiger partial charge in [0.2, 0.25) is 0 Å². The Morgan fingerprint density at radius 1 is 1.12 bits per heavy atom. The minimum atomic E-state index is -1.11. The molecule has 0 atom stereocenters. The molecule has 5 aromatic rings. The zero-order valence-corrected chi connectivity index (χ0v) is 18.9. The monoisotopic (exact) mass is 461 g/mol. The molecular formula is C23H20ClN7O2. The minimum Gasteiger partial charge on any atom is -0.464 e. The van der Waals surface area contributed by atoms with Crippen molar-refractivity contribution in [2.75, 3.05) is 5.32 Å². The lowest BCUT2D eigenvalue weighted by molar-refractivity contribution is 0.198. The van der Waals surface area contributed by atoms with Crippen molar-refractivity contribution in [3.8, 4) is 22.5 Å². The molecule has 0 aliphatic carbocycles. The molecule has 10 heteroatoms. The number of nitrogens with one attached hydrogen (secondary N) is 1. The van der Waals surface area contributed by atoms with Gasteiger partial charge in [0.25, 0.3) is 0 Å². The third-order valence-electron chi connectivity index (χ3n) is 5.68. The smallest absolute Gasteiger partial charge is 0.416 e. The number of anilines is 2. The van der Waals surface area contributed by atoms with Crippen LogP contribution in [0.15, 0.2) is 55.2 Å². The quantitative estimate of drug-likeness (QED) is 0.387. The van der Waals surface area contributed by atoms with E-state index in [1.165, 1.54) is 4.57 Å². The first-order valence-electron chi connectivity index (χ1n) is 10.1. The van der Waals surface area contributed by atoms with E-state index in [1.807, 2.05) is 36.7 Å². The van der Waals surface area contributed by atoms with Crippen molar-refractivity contribution < 1.29 is 9.90 Å². The zero-order chi connectivity index (χ0) is 23.3. The number of carboxylic acid groups (broad SMARTS) is 1. The number of rotatable bonds is 4. The molecule has 9 nitrogen and oxygen atoms in total.